The van der Waals surface area contributed by atoms with Crippen LogP contribution in [0.3, 0.4) is 0 Å². The molecule has 7 nitrogen and oxygen atoms in total. The van der Waals surface area contributed by atoms with Crippen molar-refractivity contribution in [1.82, 2.24) is 15.1 Å². The maximum absolute atomic E-state index is 12.1. The number of piperidine rings is 1. The maximum Gasteiger partial charge on any atom is 0.318 e. The molecule has 0 spiro atoms. The molecule has 112 valence electrons. The first-order chi connectivity index (χ1) is 9.47. The molecule has 0 aromatic rings. The fourth-order valence-corrected chi connectivity index (χ4v) is 2.78. The fraction of sp³-hybridized carbons (Fsp3) is 0.769. The topological polar surface area (TPSA) is 90.0 Å². The largest absolute Gasteiger partial charge is 0.481 e. The van der Waals surface area contributed by atoms with Gasteiger partial charge in [0.2, 0.25) is 5.91 Å². The lowest BCUT2D eigenvalue weighted by Gasteiger charge is -2.32. The third kappa shape index (κ3) is 3.40. The molecule has 0 aromatic heterocycles. The Labute approximate surface area is 117 Å². The highest BCUT2D eigenvalue weighted by molar-refractivity contribution is 5.88. The van der Waals surface area contributed by atoms with Gasteiger partial charge < -0.3 is 20.2 Å². The lowest BCUT2D eigenvalue weighted by molar-refractivity contribution is -0.138. The number of nitrogens with one attached hydrogen (secondary N) is 1. The first kappa shape index (κ1) is 14.6. The zero-order chi connectivity index (χ0) is 14.7. The summed E-state index contributed by atoms with van der Waals surface area (Å²) in [5.41, 5.74) is 0. The number of hydrogen-bond donors (Lipinski definition) is 2. The summed E-state index contributed by atoms with van der Waals surface area (Å²) in [6.45, 7) is 1.78. The van der Waals surface area contributed by atoms with Crippen molar-refractivity contribution in [1.29, 1.82) is 0 Å². The number of nitrogens with zero attached hydrogens (tertiary/aromatic N) is 2. The van der Waals surface area contributed by atoms with Gasteiger partial charge in [0, 0.05) is 33.1 Å². The highest BCUT2D eigenvalue weighted by Gasteiger charge is 2.32. The molecule has 1 atom stereocenters. The number of carbonyl (C=O) groups is 3. The highest BCUT2D eigenvalue weighted by atomic mass is 16.4. The molecule has 2 rings (SSSR count). The number of urea groups is 1. The quantitative estimate of drug-likeness (QED) is 0.769. The predicted octanol–water partition coefficient (Wildman–Crippen LogP) is 0.113. The summed E-state index contributed by atoms with van der Waals surface area (Å²) in [5.74, 6) is -0.678. The van der Waals surface area contributed by atoms with Crippen LogP contribution in [-0.4, -0.2) is 65.5 Å². The zero-order valence-electron chi connectivity index (χ0n) is 11.7. The highest BCUT2D eigenvalue weighted by Crippen LogP contribution is 2.20. The summed E-state index contributed by atoms with van der Waals surface area (Å²) in [5, 5.41) is 11.5. The second-order valence-electron chi connectivity index (χ2n) is 5.58. The number of amides is 3. The third-order valence-corrected chi connectivity index (χ3v) is 4.09. The van der Waals surface area contributed by atoms with Crippen molar-refractivity contribution in [2.75, 3.05) is 26.7 Å². The van der Waals surface area contributed by atoms with Gasteiger partial charge in [0.15, 0.2) is 0 Å². The number of carboxylic acids is 1. The van der Waals surface area contributed by atoms with Crippen LogP contribution in [0.5, 0.6) is 0 Å². The molecule has 2 saturated heterocycles. The maximum atomic E-state index is 12.1. The van der Waals surface area contributed by atoms with Crippen molar-refractivity contribution < 1.29 is 19.5 Å². The van der Waals surface area contributed by atoms with Crippen LogP contribution in [-0.2, 0) is 9.59 Å². The summed E-state index contributed by atoms with van der Waals surface area (Å²) in [6, 6.07) is -0.628. The average Bonchev–Trinajstić information content (AvgIpc) is 2.71. The van der Waals surface area contributed by atoms with Crippen molar-refractivity contribution >= 4 is 17.9 Å². The summed E-state index contributed by atoms with van der Waals surface area (Å²) in [7, 11) is 1.73. The number of hydrogen-bond acceptors (Lipinski definition) is 3. The van der Waals surface area contributed by atoms with Crippen LogP contribution >= 0.6 is 0 Å². The van der Waals surface area contributed by atoms with Gasteiger partial charge in [-0.3, -0.25) is 9.59 Å². The van der Waals surface area contributed by atoms with Crippen molar-refractivity contribution in [3.8, 4) is 0 Å². The molecule has 3 amide bonds. The molecule has 1 unspecified atom stereocenters. The second kappa shape index (κ2) is 6.11. The van der Waals surface area contributed by atoms with E-state index < -0.39 is 12.0 Å². The van der Waals surface area contributed by atoms with Crippen LogP contribution in [0, 0.1) is 5.92 Å². The van der Waals surface area contributed by atoms with Gasteiger partial charge in [0.1, 0.15) is 6.04 Å². The lowest BCUT2D eigenvalue weighted by Crippen LogP contribution is -2.50. The Morgan fingerprint density at radius 1 is 1.25 bits per heavy atom. The van der Waals surface area contributed by atoms with Crippen LogP contribution in [0.2, 0.25) is 0 Å². The molecule has 0 aromatic carbocycles. The summed E-state index contributed by atoms with van der Waals surface area (Å²) >= 11 is 0. The minimum absolute atomic E-state index is 0.0425. The standard InChI is InChI=1S/C13H21N3O4/c1-15-5-4-10(12(15)19)14-13(20)16-6-2-9(3-7-16)8-11(17)18/h9-10H,2-8H2,1H3,(H,14,20)(H,17,18). The number of carboxylic acid groups (broad SMARTS) is 1. The van der Waals surface area contributed by atoms with Gasteiger partial charge in [-0.2, -0.15) is 0 Å². The Morgan fingerprint density at radius 3 is 2.40 bits per heavy atom. The van der Waals surface area contributed by atoms with E-state index in [1.807, 2.05) is 0 Å². The number of carbonyl (C=O) groups excluding carboxylic acids is 2. The van der Waals surface area contributed by atoms with Crippen molar-refractivity contribution in [3.63, 3.8) is 0 Å². The molecule has 2 aliphatic rings. The summed E-state index contributed by atoms with van der Waals surface area (Å²) in [4.78, 5) is 37.7. The normalized spacial score (nSPS) is 24.1. The molecule has 2 N–H and O–H groups in total. The minimum atomic E-state index is -0.785. The Morgan fingerprint density at radius 2 is 1.90 bits per heavy atom. The fourth-order valence-electron chi connectivity index (χ4n) is 2.78. The molecule has 2 aliphatic heterocycles. The van der Waals surface area contributed by atoms with Gasteiger partial charge in [-0.25, -0.2) is 4.79 Å². The molecule has 0 saturated carbocycles. The van der Waals surface area contributed by atoms with Crippen molar-refractivity contribution in [3.05, 3.63) is 0 Å². The molecular formula is C13H21N3O4. The molecular weight excluding hydrogens is 262 g/mol. The average molecular weight is 283 g/mol. The first-order valence-electron chi connectivity index (χ1n) is 6.99. The van der Waals surface area contributed by atoms with Gasteiger partial charge in [-0.05, 0) is 25.2 Å². The third-order valence-electron chi connectivity index (χ3n) is 4.09. The van der Waals surface area contributed by atoms with E-state index in [0.717, 1.165) is 0 Å². The van der Waals surface area contributed by atoms with Crippen LogP contribution in [0.4, 0.5) is 4.79 Å². The van der Waals surface area contributed by atoms with E-state index in [2.05, 4.69) is 5.32 Å². The smallest absolute Gasteiger partial charge is 0.318 e. The number of aliphatic carboxylic acids is 1. The van der Waals surface area contributed by atoms with Crippen molar-refractivity contribution in [2.24, 2.45) is 5.92 Å². The molecule has 2 heterocycles. The number of likely N-dealkylation sites (N-methyl/N-ethyl adjacent to an activating group) is 1. The molecule has 2 fully saturated rings. The van der Waals surface area contributed by atoms with E-state index in [0.29, 0.717) is 38.9 Å². The molecule has 20 heavy (non-hydrogen) atoms. The first-order valence-corrected chi connectivity index (χ1v) is 6.99. The van der Waals surface area contributed by atoms with E-state index in [9.17, 15) is 14.4 Å². The minimum Gasteiger partial charge on any atom is -0.481 e. The summed E-state index contributed by atoms with van der Waals surface area (Å²) in [6.07, 6.45) is 2.23. The van der Waals surface area contributed by atoms with E-state index in [1.165, 1.54) is 0 Å². The predicted molar refractivity (Wildman–Crippen MR) is 71.1 cm³/mol. The van der Waals surface area contributed by atoms with Gasteiger partial charge in [-0.1, -0.05) is 0 Å². The Hall–Kier alpha value is -1.79. The molecule has 7 heteroatoms. The van der Waals surface area contributed by atoms with E-state index >= 15 is 0 Å². The SMILES string of the molecule is CN1CCC(NC(=O)N2CCC(CC(=O)O)CC2)C1=O. The van der Waals surface area contributed by atoms with Gasteiger partial charge in [-0.15, -0.1) is 0 Å². The van der Waals surface area contributed by atoms with Crippen LogP contribution in [0.25, 0.3) is 0 Å². The van der Waals surface area contributed by atoms with Gasteiger partial charge >= 0.3 is 12.0 Å². The van der Waals surface area contributed by atoms with Crippen LogP contribution in [0.1, 0.15) is 25.7 Å². The number of likely N-dealkylation sites (tertiary alicyclic amines) is 2. The second-order valence-corrected chi connectivity index (χ2v) is 5.58. The summed E-state index contributed by atoms with van der Waals surface area (Å²) < 4.78 is 0. The monoisotopic (exact) mass is 283 g/mol. The Balaban J connectivity index is 1.77. The van der Waals surface area contributed by atoms with Gasteiger partial charge in [0.25, 0.3) is 0 Å². The van der Waals surface area contributed by atoms with E-state index in [4.69, 9.17) is 5.11 Å². The zero-order valence-corrected chi connectivity index (χ0v) is 11.7. The van der Waals surface area contributed by atoms with E-state index in [1.54, 1.807) is 16.8 Å². The van der Waals surface area contributed by atoms with Crippen LogP contribution in [0.15, 0.2) is 0 Å². The Bertz CT molecular complexity index is 404. The van der Waals surface area contributed by atoms with Gasteiger partial charge in [0.05, 0.1) is 0 Å². The molecule has 0 radical (unpaired) electrons. The van der Waals surface area contributed by atoms with Crippen molar-refractivity contribution in [2.45, 2.75) is 31.7 Å². The number of rotatable bonds is 3. The molecule has 0 aliphatic carbocycles. The lowest BCUT2D eigenvalue weighted by atomic mass is 9.94. The Kier molecular flexibility index (Phi) is 4.46. The van der Waals surface area contributed by atoms with Crippen LogP contribution < -0.4 is 5.32 Å². The van der Waals surface area contributed by atoms with E-state index in [-0.39, 0.29) is 24.3 Å². The molecule has 0 bridgehead atoms.